The predicted octanol–water partition coefficient (Wildman–Crippen LogP) is 6.42. The SMILES string of the molecule is CC(Nc1ccc(Cl)cc1I)c1cc(Cl)ccc1Cl. The summed E-state index contributed by atoms with van der Waals surface area (Å²) in [5, 5.41) is 5.52. The fraction of sp³-hybridized carbons (Fsp3) is 0.143. The van der Waals surface area contributed by atoms with Crippen LogP contribution in [0.15, 0.2) is 36.4 Å². The van der Waals surface area contributed by atoms with Crippen molar-refractivity contribution in [3.05, 3.63) is 60.6 Å². The van der Waals surface area contributed by atoms with Crippen LogP contribution in [0.4, 0.5) is 5.69 Å². The van der Waals surface area contributed by atoms with Gasteiger partial charge in [0.2, 0.25) is 0 Å². The fourth-order valence-electron chi connectivity index (χ4n) is 1.76. The van der Waals surface area contributed by atoms with Crippen LogP contribution in [0.25, 0.3) is 0 Å². The highest BCUT2D eigenvalue weighted by atomic mass is 127. The maximum atomic E-state index is 6.20. The lowest BCUT2D eigenvalue weighted by Crippen LogP contribution is -2.08. The standard InChI is InChI=1S/C14H11Cl3IN/c1-8(11-6-9(15)2-4-12(11)17)19-14-5-3-10(16)7-13(14)18/h2-8,19H,1H3. The van der Waals surface area contributed by atoms with E-state index in [4.69, 9.17) is 34.8 Å². The molecule has 0 aliphatic rings. The highest BCUT2D eigenvalue weighted by molar-refractivity contribution is 14.1. The van der Waals surface area contributed by atoms with Gasteiger partial charge in [-0.05, 0) is 71.5 Å². The van der Waals surface area contributed by atoms with Crippen molar-refractivity contribution >= 4 is 63.1 Å². The molecule has 5 heteroatoms. The normalized spacial score (nSPS) is 12.3. The molecule has 0 saturated carbocycles. The van der Waals surface area contributed by atoms with Crippen molar-refractivity contribution in [1.82, 2.24) is 0 Å². The monoisotopic (exact) mass is 425 g/mol. The Kier molecular flexibility index (Phi) is 5.23. The zero-order valence-corrected chi connectivity index (χ0v) is 14.5. The molecular formula is C14H11Cl3IN. The van der Waals surface area contributed by atoms with Crippen molar-refractivity contribution in [1.29, 1.82) is 0 Å². The molecule has 0 aliphatic carbocycles. The van der Waals surface area contributed by atoms with E-state index in [9.17, 15) is 0 Å². The number of anilines is 1. The minimum absolute atomic E-state index is 0.0564. The molecular weight excluding hydrogens is 415 g/mol. The maximum absolute atomic E-state index is 6.20. The predicted molar refractivity (Wildman–Crippen MR) is 92.7 cm³/mol. The fourth-order valence-corrected chi connectivity index (χ4v) is 3.25. The number of nitrogens with one attached hydrogen (secondary N) is 1. The van der Waals surface area contributed by atoms with Crippen molar-refractivity contribution in [3.63, 3.8) is 0 Å². The van der Waals surface area contributed by atoms with Crippen molar-refractivity contribution < 1.29 is 0 Å². The first-order chi connectivity index (χ1) is 8.97. The largest absolute Gasteiger partial charge is 0.378 e. The molecule has 0 bridgehead atoms. The number of halogens is 4. The molecule has 0 fully saturated rings. The Hall–Kier alpha value is -0.160. The van der Waals surface area contributed by atoms with E-state index in [1.54, 1.807) is 6.07 Å². The van der Waals surface area contributed by atoms with Crippen molar-refractivity contribution in [3.8, 4) is 0 Å². The highest BCUT2D eigenvalue weighted by Gasteiger charge is 2.11. The third kappa shape index (κ3) is 3.91. The average molecular weight is 427 g/mol. The second-order valence-corrected chi connectivity index (χ2v) is 6.60. The molecule has 0 heterocycles. The van der Waals surface area contributed by atoms with Crippen molar-refractivity contribution in [2.45, 2.75) is 13.0 Å². The van der Waals surface area contributed by atoms with Gasteiger partial charge in [-0.2, -0.15) is 0 Å². The van der Waals surface area contributed by atoms with E-state index in [1.165, 1.54) is 0 Å². The van der Waals surface area contributed by atoms with E-state index >= 15 is 0 Å². The summed E-state index contributed by atoms with van der Waals surface area (Å²) in [7, 11) is 0. The van der Waals surface area contributed by atoms with Crippen LogP contribution in [0, 0.1) is 3.57 Å². The van der Waals surface area contributed by atoms with Crippen LogP contribution in [0.1, 0.15) is 18.5 Å². The Morgan fingerprint density at radius 1 is 1.00 bits per heavy atom. The quantitative estimate of drug-likeness (QED) is 0.558. The van der Waals surface area contributed by atoms with Gasteiger partial charge in [0.1, 0.15) is 0 Å². The molecule has 1 nitrogen and oxygen atoms in total. The summed E-state index contributed by atoms with van der Waals surface area (Å²) in [6, 6.07) is 11.3. The summed E-state index contributed by atoms with van der Waals surface area (Å²) in [5.41, 5.74) is 1.99. The molecule has 1 atom stereocenters. The molecule has 0 aromatic heterocycles. The van der Waals surface area contributed by atoms with Crippen LogP contribution in [0.5, 0.6) is 0 Å². The maximum Gasteiger partial charge on any atom is 0.0501 e. The van der Waals surface area contributed by atoms with Crippen LogP contribution in [0.2, 0.25) is 15.1 Å². The van der Waals surface area contributed by atoms with Gasteiger partial charge >= 0.3 is 0 Å². The van der Waals surface area contributed by atoms with Gasteiger partial charge in [-0.3, -0.25) is 0 Å². The summed E-state index contributed by atoms with van der Waals surface area (Å²) in [6.45, 7) is 2.04. The van der Waals surface area contributed by atoms with Crippen LogP contribution in [0.3, 0.4) is 0 Å². The summed E-state index contributed by atoms with van der Waals surface area (Å²) in [6.07, 6.45) is 0. The molecule has 2 rings (SSSR count). The first kappa shape index (κ1) is 15.2. The lowest BCUT2D eigenvalue weighted by Gasteiger charge is -2.18. The number of rotatable bonds is 3. The Bertz CT molecular complexity index is 601. The Morgan fingerprint density at radius 3 is 2.32 bits per heavy atom. The minimum Gasteiger partial charge on any atom is -0.378 e. The molecule has 0 aliphatic heterocycles. The third-order valence-corrected chi connectivity index (χ3v) is 4.43. The second kappa shape index (κ2) is 6.53. The van der Waals surface area contributed by atoms with Crippen LogP contribution in [-0.2, 0) is 0 Å². The van der Waals surface area contributed by atoms with E-state index in [-0.39, 0.29) is 6.04 Å². The van der Waals surface area contributed by atoms with E-state index in [0.717, 1.165) is 19.8 Å². The minimum atomic E-state index is 0.0564. The molecule has 0 spiro atoms. The zero-order chi connectivity index (χ0) is 14.0. The summed E-state index contributed by atoms with van der Waals surface area (Å²) in [5.74, 6) is 0. The van der Waals surface area contributed by atoms with Crippen LogP contribution >= 0.6 is 57.4 Å². The topological polar surface area (TPSA) is 12.0 Å². The molecule has 1 unspecified atom stereocenters. The van der Waals surface area contributed by atoms with Gasteiger partial charge < -0.3 is 5.32 Å². The molecule has 0 saturated heterocycles. The first-order valence-corrected chi connectivity index (χ1v) is 7.85. The molecule has 100 valence electrons. The van der Waals surface area contributed by atoms with Crippen LogP contribution in [-0.4, -0.2) is 0 Å². The Balaban J connectivity index is 2.25. The summed E-state index contributed by atoms with van der Waals surface area (Å²) < 4.78 is 1.06. The molecule has 1 N–H and O–H groups in total. The molecule has 0 radical (unpaired) electrons. The van der Waals surface area contributed by atoms with Gasteiger partial charge in [-0.1, -0.05) is 34.8 Å². The van der Waals surface area contributed by atoms with Gasteiger partial charge in [-0.25, -0.2) is 0 Å². The lowest BCUT2D eigenvalue weighted by atomic mass is 10.1. The molecule has 2 aromatic rings. The van der Waals surface area contributed by atoms with Gasteiger partial charge in [0.05, 0.1) is 6.04 Å². The van der Waals surface area contributed by atoms with Gasteiger partial charge in [0.15, 0.2) is 0 Å². The van der Waals surface area contributed by atoms with Crippen molar-refractivity contribution in [2.24, 2.45) is 0 Å². The Morgan fingerprint density at radius 2 is 1.63 bits per heavy atom. The molecule has 19 heavy (non-hydrogen) atoms. The number of benzene rings is 2. The molecule has 2 aromatic carbocycles. The number of hydrogen-bond donors (Lipinski definition) is 1. The molecule has 0 amide bonds. The van der Waals surface area contributed by atoms with E-state index < -0.39 is 0 Å². The Labute approximate surface area is 141 Å². The summed E-state index contributed by atoms with van der Waals surface area (Å²) >= 11 is 20.4. The summed E-state index contributed by atoms with van der Waals surface area (Å²) in [4.78, 5) is 0. The van der Waals surface area contributed by atoms with E-state index in [0.29, 0.717) is 10.0 Å². The van der Waals surface area contributed by atoms with Crippen LogP contribution < -0.4 is 5.32 Å². The zero-order valence-electron chi connectivity index (χ0n) is 10.1. The lowest BCUT2D eigenvalue weighted by molar-refractivity contribution is 0.884. The number of hydrogen-bond acceptors (Lipinski definition) is 1. The van der Waals surface area contributed by atoms with Crippen molar-refractivity contribution in [2.75, 3.05) is 5.32 Å². The van der Waals surface area contributed by atoms with E-state index in [2.05, 4.69) is 27.9 Å². The second-order valence-electron chi connectivity index (χ2n) is 4.16. The van der Waals surface area contributed by atoms with E-state index in [1.807, 2.05) is 37.3 Å². The average Bonchev–Trinajstić information content (AvgIpc) is 2.35. The highest BCUT2D eigenvalue weighted by Crippen LogP contribution is 2.30. The van der Waals surface area contributed by atoms with Gasteiger partial charge in [-0.15, -0.1) is 0 Å². The third-order valence-electron chi connectivity index (χ3n) is 2.73. The van der Waals surface area contributed by atoms with Gasteiger partial charge in [0.25, 0.3) is 0 Å². The first-order valence-electron chi connectivity index (χ1n) is 5.64. The smallest absolute Gasteiger partial charge is 0.0501 e. The van der Waals surface area contributed by atoms with Gasteiger partial charge in [0, 0.05) is 24.3 Å².